The number of nitrogens with two attached hydrogens (primary N) is 1. The molecule has 5 heteroatoms. The van der Waals surface area contributed by atoms with Gasteiger partial charge in [0.05, 0.1) is 22.3 Å². The smallest absolute Gasteiger partial charge is 0.142 e. The third kappa shape index (κ3) is 1.24. The second kappa shape index (κ2) is 3.27. The van der Waals surface area contributed by atoms with Crippen molar-refractivity contribution in [1.29, 1.82) is 0 Å². The van der Waals surface area contributed by atoms with E-state index in [1.165, 1.54) is 0 Å². The van der Waals surface area contributed by atoms with E-state index in [0.717, 1.165) is 22.2 Å². The van der Waals surface area contributed by atoms with Crippen LogP contribution in [0.2, 0.25) is 0 Å². The van der Waals surface area contributed by atoms with Crippen LogP contribution in [-0.2, 0) is 0 Å². The van der Waals surface area contributed by atoms with E-state index in [2.05, 4.69) is 15.5 Å². The van der Waals surface area contributed by atoms with Crippen molar-refractivity contribution in [2.45, 2.75) is 6.92 Å². The van der Waals surface area contributed by atoms with Gasteiger partial charge < -0.3 is 16.0 Å². The predicted octanol–water partition coefficient (Wildman–Crippen LogP) is 2.50. The molecular formula is C10H12N4O. The molecule has 0 saturated heterocycles. The number of nitrogens with one attached hydrogen (secondary N) is 2. The number of aromatic amines is 1. The van der Waals surface area contributed by atoms with Crippen molar-refractivity contribution < 1.29 is 0 Å². The Morgan fingerprint density at radius 3 is 2.87 bits per heavy atom. The summed E-state index contributed by atoms with van der Waals surface area (Å²) >= 11 is 0. The van der Waals surface area contributed by atoms with E-state index in [1.54, 1.807) is 13.2 Å². The van der Waals surface area contributed by atoms with Gasteiger partial charge in [0.15, 0.2) is 0 Å². The maximum atomic E-state index is 10.8. The van der Waals surface area contributed by atoms with E-state index < -0.39 is 0 Å². The van der Waals surface area contributed by atoms with Crippen LogP contribution in [0, 0.1) is 11.8 Å². The van der Waals surface area contributed by atoms with Crippen LogP contribution in [-0.4, -0.2) is 12.0 Å². The molecule has 0 aliphatic carbocycles. The Hall–Kier alpha value is -2.04. The number of nitrogen functional groups attached to an aromatic ring is 1. The fraction of sp³-hybridized carbons (Fsp3) is 0.200. The van der Waals surface area contributed by atoms with Crippen molar-refractivity contribution >= 4 is 28.0 Å². The molecule has 0 aliphatic heterocycles. The first kappa shape index (κ1) is 9.51. The monoisotopic (exact) mass is 204 g/mol. The number of aryl methyl sites for hydroxylation is 1. The van der Waals surface area contributed by atoms with E-state index in [4.69, 9.17) is 5.73 Å². The number of hydrogen-bond donors (Lipinski definition) is 3. The molecule has 2 aromatic rings. The highest BCUT2D eigenvalue weighted by Gasteiger charge is 2.13. The summed E-state index contributed by atoms with van der Waals surface area (Å²) in [6.07, 6.45) is 1.79. The molecular weight excluding hydrogens is 192 g/mol. The van der Waals surface area contributed by atoms with Crippen LogP contribution in [0.4, 0.5) is 17.1 Å². The highest BCUT2D eigenvalue weighted by molar-refractivity contribution is 6.05. The number of rotatable bonds is 2. The van der Waals surface area contributed by atoms with Gasteiger partial charge >= 0.3 is 0 Å². The molecule has 0 saturated carbocycles. The van der Waals surface area contributed by atoms with Gasteiger partial charge in [0, 0.05) is 13.2 Å². The van der Waals surface area contributed by atoms with Gasteiger partial charge in [0.2, 0.25) is 0 Å². The van der Waals surface area contributed by atoms with Crippen LogP contribution in [0.1, 0.15) is 5.56 Å². The van der Waals surface area contributed by atoms with Crippen LogP contribution < -0.4 is 11.1 Å². The molecule has 0 atom stereocenters. The molecule has 0 fully saturated rings. The Morgan fingerprint density at radius 2 is 2.27 bits per heavy atom. The van der Waals surface area contributed by atoms with Crippen LogP contribution in [0.5, 0.6) is 0 Å². The molecule has 1 aromatic heterocycles. The van der Waals surface area contributed by atoms with E-state index >= 15 is 0 Å². The highest BCUT2D eigenvalue weighted by Crippen LogP contribution is 2.38. The van der Waals surface area contributed by atoms with Gasteiger partial charge in [-0.1, -0.05) is 0 Å². The molecule has 78 valence electrons. The van der Waals surface area contributed by atoms with Gasteiger partial charge in [0.1, 0.15) is 5.69 Å². The zero-order valence-electron chi connectivity index (χ0n) is 8.59. The number of anilines is 2. The van der Waals surface area contributed by atoms with Gasteiger partial charge in [0.25, 0.3) is 0 Å². The lowest BCUT2D eigenvalue weighted by atomic mass is 10.1. The third-order valence-electron chi connectivity index (χ3n) is 2.55. The molecule has 0 amide bonds. The van der Waals surface area contributed by atoms with Gasteiger partial charge in [-0.05, 0) is 23.7 Å². The molecule has 0 aliphatic rings. The average molecular weight is 204 g/mol. The lowest BCUT2D eigenvalue weighted by Crippen LogP contribution is -1.92. The molecule has 2 rings (SSSR count). The Balaban J connectivity index is 2.92. The Kier molecular flexibility index (Phi) is 2.07. The van der Waals surface area contributed by atoms with Gasteiger partial charge in [-0.2, -0.15) is 0 Å². The minimum atomic E-state index is 0.301. The number of benzene rings is 1. The first-order valence-electron chi connectivity index (χ1n) is 4.60. The van der Waals surface area contributed by atoms with Gasteiger partial charge in [-0.3, -0.25) is 0 Å². The summed E-state index contributed by atoms with van der Waals surface area (Å²) < 4.78 is 0. The molecule has 0 unspecified atom stereocenters. The number of nitrogens with zero attached hydrogens (tertiary/aromatic N) is 1. The lowest BCUT2D eigenvalue weighted by molar-refractivity contribution is 1.42. The second-order valence-electron chi connectivity index (χ2n) is 3.42. The number of hydrogen-bond acceptors (Lipinski definition) is 4. The van der Waals surface area contributed by atoms with Crippen molar-refractivity contribution in [3.05, 3.63) is 22.7 Å². The van der Waals surface area contributed by atoms with Gasteiger partial charge in [-0.25, -0.2) is 0 Å². The Labute approximate surface area is 86.6 Å². The standard InChI is InChI=1S/C10H12N4O/c1-5-3-6-8(7(12-2)4-13-6)10(14-15)9(5)11/h3-4,12-13H,11H2,1-2H3. The summed E-state index contributed by atoms with van der Waals surface area (Å²) in [4.78, 5) is 13.9. The molecule has 0 bridgehead atoms. The van der Waals surface area contributed by atoms with Crippen LogP contribution in [0.25, 0.3) is 10.9 Å². The Bertz CT molecular complexity index is 530. The fourth-order valence-electron chi connectivity index (χ4n) is 1.72. The van der Waals surface area contributed by atoms with Crippen molar-refractivity contribution in [1.82, 2.24) is 4.98 Å². The average Bonchev–Trinajstić information content (AvgIpc) is 2.62. The van der Waals surface area contributed by atoms with E-state index in [1.807, 2.05) is 13.0 Å². The molecule has 4 N–H and O–H groups in total. The number of nitroso groups, excluding NO2 is 1. The van der Waals surface area contributed by atoms with Crippen LogP contribution in [0.3, 0.4) is 0 Å². The minimum Gasteiger partial charge on any atom is -0.397 e. The first-order chi connectivity index (χ1) is 7.19. The van der Waals surface area contributed by atoms with Crippen molar-refractivity contribution in [3.8, 4) is 0 Å². The number of aromatic nitrogens is 1. The first-order valence-corrected chi connectivity index (χ1v) is 4.60. The summed E-state index contributed by atoms with van der Waals surface area (Å²) in [5, 5.41) is 6.74. The van der Waals surface area contributed by atoms with E-state index in [9.17, 15) is 4.91 Å². The van der Waals surface area contributed by atoms with Crippen molar-refractivity contribution in [3.63, 3.8) is 0 Å². The largest absolute Gasteiger partial charge is 0.397 e. The SMILES string of the molecule is CNc1c[nH]c2cc(C)c(N)c(N=O)c12. The number of fused-ring (bicyclic) bond motifs is 1. The van der Waals surface area contributed by atoms with E-state index in [-0.39, 0.29) is 0 Å². The lowest BCUT2D eigenvalue weighted by Gasteiger charge is -2.05. The summed E-state index contributed by atoms with van der Waals surface area (Å²) in [6.45, 7) is 1.85. The molecule has 0 spiro atoms. The van der Waals surface area contributed by atoms with Crippen molar-refractivity contribution in [2.24, 2.45) is 5.18 Å². The van der Waals surface area contributed by atoms with Crippen molar-refractivity contribution in [2.75, 3.05) is 18.1 Å². The fourth-order valence-corrected chi connectivity index (χ4v) is 1.72. The highest BCUT2D eigenvalue weighted by atomic mass is 16.3. The number of H-pyrrole nitrogens is 1. The summed E-state index contributed by atoms with van der Waals surface area (Å²) in [5.74, 6) is 0. The maximum Gasteiger partial charge on any atom is 0.142 e. The maximum absolute atomic E-state index is 10.8. The molecule has 5 nitrogen and oxygen atoms in total. The zero-order chi connectivity index (χ0) is 11.0. The second-order valence-corrected chi connectivity index (χ2v) is 3.42. The van der Waals surface area contributed by atoms with Crippen LogP contribution >= 0.6 is 0 Å². The molecule has 15 heavy (non-hydrogen) atoms. The molecule has 1 aromatic carbocycles. The summed E-state index contributed by atoms with van der Waals surface area (Å²) in [7, 11) is 1.78. The van der Waals surface area contributed by atoms with Crippen LogP contribution in [0.15, 0.2) is 17.4 Å². The topological polar surface area (TPSA) is 83.3 Å². The summed E-state index contributed by atoms with van der Waals surface area (Å²) in [5.41, 5.74) is 9.08. The molecule has 1 heterocycles. The Morgan fingerprint density at radius 1 is 1.53 bits per heavy atom. The predicted molar refractivity (Wildman–Crippen MR) is 62.4 cm³/mol. The summed E-state index contributed by atoms with van der Waals surface area (Å²) in [6, 6.07) is 1.90. The minimum absolute atomic E-state index is 0.301. The van der Waals surface area contributed by atoms with Gasteiger partial charge in [-0.15, -0.1) is 4.91 Å². The quantitative estimate of drug-likeness (QED) is 0.519. The normalized spacial score (nSPS) is 10.5. The van der Waals surface area contributed by atoms with E-state index in [0.29, 0.717) is 11.4 Å². The third-order valence-corrected chi connectivity index (χ3v) is 2.55. The molecule has 0 radical (unpaired) electrons. The zero-order valence-corrected chi connectivity index (χ0v) is 8.59.